The third-order valence-electron chi connectivity index (χ3n) is 4.87. The van der Waals surface area contributed by atoms with Crippen molar-refractivity contribution in [3.63, 3.8) is 0 Å². The molecule has 146 valence electrons. The molecule has 1 amide bonds. The lowest BCUT2D eigenvalue weighted by Gasteiger charge is -2.19. The Morgan fingerprint density at radius 1 is 1.11 bits per heavy atom. The smallest absolute Gasteiger partial charge is 0.311 e. The van der Waals surface area contributed by atoms with Gasteiger partial charge < -0.3 is 14.4 Å². The minimum atomic E-state index is -0.581. The number of esters is 1. The molecule has 1 atom stereocenters. The van der Waals surface area contributed by atoms with E-state index in [2.05, 4.69) is 0 Å². The Balaban J connectivity index is 1.63. The molecule has 28 heavy (non-hydrogen) atoms. The van der Waals surface area contributed by atoms with Gasteiger partial charge in [0.2, 0.25) is 11.7 Å². The maximum Gasteiger partial charge on any atom is 0.311 e. The molecule has 1 aliphatic rings. The lowest BCUT2D eigenvalue weighted by molar-refractivity contribution is -0.147. The van der Waals surface area contributed by atoms with E-state index in [0.717, 1.165) is 17.7 Å². The summed E-state index contributed by atoms with van der Waals surface area (Å²) in [5.74, 6) is -1.14. The molecule has 6 nitrogen and oxygen atoms in total. The maximum absolute atomic E-state index is 12.4. The Hall–Kier alpha value is -3.15. The number of carbonyl (C=O) groups excluding carboxylic acids is 3. The number of ketones is 1. The number of benzene rings is 2. The summed E-state index contributed by atoms with van der Waals surface area (Å²) in [5, 5.41) is 0. The van der Waals surface area contributed by atoms with Gasteiger partial charge in [0.25, 0.3) is 0 Å². The number of ether oxygens (including phenoxy) is 2. The number of para-hydroxylation sites is 2. The van der Waals surface area contributed by atoms with E-state index in [9.17, 15) is 14.4 Å². The fourth-order valence-electron chi connectivity index (χ4n) is 3.38. The molecule has 6 heteroatoms. The topological polar surface area (TPSA) is 72.9 Å². The van der Waals surface area contributed by atoms with Crippen LogP contribution in [0, 0.1) is 5.92 Å². The summed E-state index contributed by atoms with van der Waals surface area (Å²) in [6.07, 6.45) is 0.877. The molecule has 0 aromatic heterocycles. The summed E-state index contributed by atoms with van der Waals surface area (Å²) in [7, 11) is 1.48. The van der Waals surface area contributed by atoms with Gasteiger partial charge in [0.1, 0.15) is 5.75 Å². The molecule has 1 saturated heterocycles. The molecule has 0 unspecified atom stereocenters. The molecule has 3 rings (SSSR count). The van der Waals surface area contributed by atoms with Crippen molar-refractivity contribution >= 4 is 23.3 Å². The maximum atomic E-state index is 12.4. The Kier molecular flexibility index (Phi) is 6.09. The van der Waals surface area contributed by atoms with Gasteiger partial charge >= 0.3 is 5.97 Å². The molecular formula is C22H23NO5. The third-order valence-corrected chi connectivity index (χ3v) is 4.87. The van der Waals surface area contributed by atoms with Crippen molar-refractivity contribution in [1.82, 2.24) is 0 Å². The second-order valence-electron chi connectivity index (χ2n) is 6.62. The van der Waals surface area contributed by atoms with Crippen molar-refractivity contribution in [3.05, 3.63) is 59.7 Å². The molecule has 0 spiro atoms. The average molecular weight is 381 g/mol. The molecule has 0 bridgehead atoms. The van der Waals surface area contributed by atoms with Gasteiger partial charge in [0.15, 0.2) is 6.61 Å². The van der Waals surface area contributed by atoms with Crippen LogP contribution in [-0.4, -0.2) is 37.9 Å². The molecule has 0 saturated carbocycles. The number of amides is 1. The molecule has 1 fully saturated rings. The molecule has 2 aromatic rings. The highest BCUT2D eigenvalue weighted by atomic mass is 16.5. The van der Waals surface area contributed by atoms with Crippen LogP contribution in [-0.2, 0) is 20.7 Å². The molecule has 0 radical (unpaired) electrons. The van der Waals surface area contributed by atoms with Crippen LogP contribution in [0.4, 0.5) is 5.69 Å². The summed E-state index contributed by atoms with van der Waals surface area (Å²) >= 11 is 0. The fraction of sp³-hybridized carbons (Fsp3) is 0.318. The second-order valence-corrected chi connectivity index (χ2v) is 6.62. The first-order chi connectivity index (χ1) is 13.5. The quantitative estimate of drug-likeness (QED) is 0.544. The first-order valence-electron chi connectivity index (χ1n) is 9.26. The number of aryl methyl sites for hydroxylation is 1. The lowest BCUT2D eigenvalue weighted by atomic mass is 10.1. The third kappa shape index (κ3) is 4.06. The SMILES string of the molecule is CCc1ccccc1N1C[C@H](C(=O)OCC(=O)c2ccccc2OC)CC1=O. The average Bonchev–Trinajstić information content (AvgIpc) is 3.13. The van der Waals surface area contributed by atoms with E-state index in [-0.39, 0.29) is 31.3 Å². The van der Waals surface area contributed by atoms with Crippen molar-refractivity contribution in [1.29, 1.82) is 0 Å². The van der Waals surface area contributed by atoms with Gasteiger partial charge in [-0.25, -0.2) is 0 Å². The zero-order chi connectivity index (χ0) is 20.1. The van der Waals surface area contributed by atoms with Gasteiger partial charge in [0.05, 0.1) is 18.6 Å². The van der Waals surface area contributed by atoms with Gasteiger partial charge in [-0.15, -0.1) is 0 Å². The van der Waals surface area contributed by atoms with Crippen LogP contribution >= 0.6 is 0 Å². The Bertz CT molecular complexity index is 892. The normalized spacial score (nSPS) is 16.1. The van der Waals surface area contributed by atoms with Crippen molar-refractivity contribution < 1.29 is 23.9 Å². The second kappa shape index (κ2) is 8.69. The van der Waals surface area contributed by atoms with E-state index in [0.29, 0.717) is 11.3 Å². The Morgan fingerprint density at radius 3 is 2.57 bits per heavy atom. The van der Waals surface area contributed by atoms with Crippen LogP contribution in [0.15, 0.2) is 48.5 Å². The van der Waals surface area contributed by atoms with Gasteiger partial charge in [-0.1, -0.05) is 37.3 Å². The fourth-order valence-corrected chi connectivity index (χ4v) is 3.38. The number of nitrogens with zero attached hydrogens (tertiary/aromatic N) is 1. The highest BCUT2D eigenvalue weighted by Gasteiger charge is 2.37. The van der Waals surface area contributed by atoms with Crippen molar-refractivity contribution in [2.45, 2.75) is 19.8 Å². The predicted octanol–water partition coefficient (Wildman–Crippen LogP) is 3.04. The monoisotopic (exact) mass is 381 g/mol. The lowest BCUT2D eigenvalue weighted by Crippen LogP contribution is -2.28. The molecule has 1 aliphatic heterocycles. The highest BCUT2D eigenvalue weighted by molar-refractivity contribution is 6.02. The van der Waals surface area contributed by atoms with Crippen LogP contribution < -0.4 is 9.64 Å². The van der Waals surface area contributed by atoms with Gasteiger partial charge in [-0.3, -0.25) is 14.4 Å². The van der Waals surface area contributed by atoms with Crippen LogP contribution in [0.5, 0.6) is 5.75 Å². The van der Waals surface area contributed by atoms with Crippen LogP contribution in [0.25, 0.3) is 0 Å². The molecule has 2 aromatic carbocycles. The van der Waals surface area contributed by atoms with E-state index in [4.69, 9.17) is 9.47 Å². The summed E-state index contributed by atoms with van der Waals surface area (Å²) in [4.78, 5) is 38.8. The number of hydrogen-bond acceptors (Lipinski definition) is 5. The number of methoxy groups -OCH3 is 1. The molecular weight excluding hydrogens is 358 g/mol. The first kappa shape index (κ1) is 19.6. The summed E-state index contributed by atoms with van der Waals surface area (Å²) in [6, 6.07) is 14.4. The first-order valence-corrected chi connectivity index (χ1v) is 9.26. The summed E-state index contributed by atoms with van der Waals surface area (Å²) in [5.41, 5.74) is 2.24. The number of anilines is 1. The minimum Gasteiger partial charge on any atom is -0.496 e. The molecule has 1 heterocycles. The summed E-state index contributed by atoms with van der Waals surface area (Å²) < 4.78 is 10.4. The highest BCUT2D eigenvalue weighted by Crippen LogP contribution is 2.29. The largest absolute Gasteiger partial charge is 0.496 e. The number of Topliss-reactive ketones (excluding diaryl/α,β-unsaturated/α-hetero) is 1. The van der Waals surface area contributed by atoms with E-state index < -0.39 is 11.9 Å². The van der Waals surface area contributed by atoms with E-state index in [1.807, 2.05) is 31.2 Å². The summed E-state index contributed by atoms with van der Waals surface area (Å²) in [6.45, 7) is 1.90. The van der Waals surface area contributed by atoms with Crippen LogP contribution in [0.2, 0.25) is 0 Å². The van der Waals surface area contributed by atoms with Gasteiger partial charge in [-0.2, -0.15) is 0 Å². The van der Waals surface area contributed by atoms with Gasteiger partial charge in [-0.05, 0) is 30.2 Å². The van der Waals surface area contributed by atoms with Crippen molar-refractivity contribution in [2.75, 3.05) is 25.2 Å². The number of hydrogen-bond donors (Lipinski definition) is 0. The predicted molar refractivity (Wildman–Crippen MR) is 105 cm³/mol. The standard InChI is InChI=1S/C22H23NO5/c1-3-15-8-4-6-10-18(15)23-13-16(12-21(23)25)22(26)28-14-19(24)17-9-5-7-11-20(17)27-2/h4-11,16H,3,12-14H2,1-2H3/t16-/m1/s1. The van der Waals surface area contributed by atoms with Crippen molar-refractivity contribution in [3.8, 4) is 5.75 Å². The van der Waals surface area contributed by atoms with E-state index in [1.165, 1.54) is 7.11 Å². The Labute approximate surface area is 164 Å². The Morgan fingerprint density at radius 2 is 1.82 bits per heavy atom. The minimum absolute atomic E-state index is 0.0831. The van der Waals surface area contributed by atoms with Gasteiger partial charge in [0, 0.05) is 18.7 Å². The number of rotatable bonds is 7. The van der Waals surface area contributed by atoms with Crippen LogP contribution in [0.3, 0.4) is 0 Å². The zero-order valence-electron chi connectivity index (χ0n) is 16.0. The molecule has 0 aliphatic carbocycles. The zero-order valence-corrected chi connectivity index (χ0v) is 16.0. The number of carbonyl (C=O) groups is 3. The van der Waals surface area contributed by atoms with E-state index in [1.54, 1.807) is 29.2 Å². The van der Waals surface area contributed by atoms with Crippen molar-refractivity contribution in [2.24, 2.45) is 5.92 Å². The van der Waals surface area contributed by atoms with Crippen LogP contribution in [0.1, 0.15) is 29.3 Å². The molecule has 0 N–H and O–H groups in total. The van der Waals surface area contributed by atoms with E-state index >= 15 is 0 Å².